The van der Waals surface area contributed by atoms with Gasteiger partial charge in [0, 0.05) is 5.41 Å². The Labute approximate surface area is 85.3 Å². The maximum absolute atomic E-state index is 6.00. The van der Waals surface area contributed by atoms with E-state index in [0.29, 0.717) is 12.0 Å². The van der Waals surface area contributed by atoms with Crippen molar-refractivity contribution in [2.75, 3.05) is 0 Å². The smallest absolute Gasteiger partial charge is 0.163 e. The Morgan fingerprint density at radius 1 is 1.36 bits per heavy atom. The second-order valence-electron chi connectivity index (χ2n) is 5.51. The molecule has 3 aliphatic rings. The molecule has 0 N–H and O–H groups in total. The van der Waals surface area contributed by atoms with E-state index in [1.54, 1.807) is 0 Å². The monoisotopic (exact) mass is 194 g/mol. The maximum Gasteiger partial charge on any atom is 0.163 e. The molecule has 5 atom stereocenters. The highest BCUT2D eigenvalue weighted by Crippen LogP contribution is 2.70. The molecule has 0 aromatic carbocycles. The number of hydrogen-bond acceptors (Lipinski definition) is 2. The first-order valence-corrected chi connectivity index (χ1v) is 5.49. The second-order valence-corrected chi connectivity index (χ2v) is 5.51. The van der Waals surface area contributed by atoms with Gasteiger partial charge in [-0.3, -0.25) is 0 Å². The van der Waals surface area contributed by atoms with Crippen LogP contribution in [0.15, 0.2) is 12.7 Å². The standard InChI is InChI=1S/C12H18O2/c1-5-12-6-8(12)7(2)9-10(12)14-11(3,4)13-9/h5,7-10H,1,6H2,2-4H3/t7-,8-,9+,10+,12?/m1/s1. The summed E-state index contributed by atoms with van der Waals surface area (Å²) in [6.07, 6.45) is 3.90. The summed E-state index contributed by atoms with van der Waals surface area (Å²) in [4.78, 5) is 0. The molecule has 0 aromatic heterocycles. The quantitative estimate of drug-likeness (QED) is 0.596. The highest BCUT2D eigenvalue weighted by Gasteiger charge is 2.72. The topological polar surface area (TPSA) is 18.5 Å². The van der Waals surface area contributed by atoms with E-state index in [1.165, 1.54) is 6.42 Å². The van der Waals surface area contributed by atoms with Crippen LogP contribution in [-0.2, 0) is 9.47 Å². The van der Waals surface area contributed by atoms with E-state index in [0.717, 1.165) is 5.92 Å². The van der Waals surface area contributed by atoms with Gasteiger partial charge >= 0.3 is 0 Å². The molecule has 1 saturated heterocycles. The lowest BCUT2D eigenvalue weighted by atomic mass is 9.99. The van der Waals surface area contributed by atoms with Crippen molar-refractivity contribution in [1.82, 2.24) is 0 Å². The van der Waals surface area contributed by atoms with Crippen molar-refractivity contribution < 1.29 is 9.47 Å². The van der Waals surface area contributed by atoms with Crippen molar-refractivity contribution >= 4 is 0 Å². The van der Waals surface area contributed by atoms with Gasteiger partial charge < -0.3 is 9.47 Å². The molecule has 0 amide bonds. The fraction of sp³-hybridized carbons (Fsp3) is 0.833. The minimum Gasteiger partial charge on any atom is -0.344 e. The van der Waals surface area contributed by atoms with Crippen molar-refractivity contribution in [2.45, 2.75) is 45.2 Å². The SMILES string of the molecule is C=CC12C[C@@H]1[C@@H](C)[C@@H]1OC(C)(C)O[C@@H]12. The summed E-state index contributed by atoms with van der Waals surface area (Å²) in [5.74, 6) is 0.985. The Hall–Kier alpha value is -0.340. The third kappa shape index (κ3) is 0.842. The Morgan fingerprint density at radius 2 is 2.07 bits per heavy atom. The van der Waals surface area contributed by atoms with E-state index in [9.17, 15) is 0 Å². The van der Waals surface area contributed by atoms with Crippen LogP contribution in [0.5, 0.6) is 0 Å². The first-order valence-electron chi connectivity index (χ1n) is 5.49. The number of rotatable bonds is 1. The third-order valence-electron chi connectivity index (χ3n) is 4.30. The molecule has 0 aromatic rings. The molecule has 2 nitrogen and oxygen atoms in total. The number of fused-ring (bicyclic) bond motifs is 3. The van der Waals surface area contributed by atoms with E-state index in [4.69, 9.17) is 9.47 Å². The van der Waals surface area contributed by atoms with Crippen LogP contribution >= 0.6 is 0 Å². The van der Waals surface area contributed by atoms with Crippen LogP contribution in [0.2, 0.25) is 0 Å². The number of ether oxygens (including phenoxy) is 2. The molecular formula is C12H18O2. The van der Waals surface area contributed by atoms with Crippen LogP contribution in [0.3, 0.4) is 0 Å². The minimum atomic E-state index is -0.396. The lowest BCUT2D eigenvalue weighted by Gasteiger charge is -2.21. The summed E-state index contributed by atoms with van der Waals surface area (Å²) in [7, 11) is 0. The average molecular weight is 194 g/mol. The fourth-order valence-electron chi connectivity index (χ4n) is 3.49. The fourth-order valence-corrected chi connectivity index (χ4v) is 3.49. The average Bonchev–Trinajstić information content (AvgIpc) is 2.71. The molecule has 2 saturated carbocycles. The van der Waals surface area contributed by atoms with E-state index in [-0.39, 0.29) is 11.5 Å². The highest BCUT2D eigenvalue weighted by atomic mass is 16.8. The van der Waals surface area contributed by atoms with Crippen molar-refractivity contribution in [3.8, 4) is 0 Å². The maximum atomic E-state index is 6.00. The van der Waals surface area contributed by atoms with E-state index >= 15 is 0 Å². The second kappa shape index (κ2) is 2.25. The van der Waals surface area contributed by atoms with Gasteiger partial charge in [0.2, 0.25) is 0 Å². The van der Waals surface area contributed by atoms with Gasteiger partial charge in [0.1, 0.15) is 0 Å². The van der Waals surface area contributed by atoms with Crippen molar-refractivity contribution in [3.05, 3.63) is 12.7 Å². The molecule has 1 aliphatic heterocycles. The Bertz CT molecular complexity index is 297. The van der Waals surface area contributed by atoms with Crippen molar-refractivity contribution in [3.63, 3.8) is 0 Å². The molecule has 14 heavy (non-hydrogen) atoms. The molecule has 3 fully saturated rings. The van der Waals surface area contributed by atoms with Gasteiger partial charge in [-0.25, -0.2) is 0 Å². The molecule has 78 valence electrons. The molecular weight excluding hydrogens is 176 g/mol. The van der Waals surface area contributed by atoms with Crippen molar-refractivity contribution in [1.29, 1.82) is 0 Å². The molecule has 3 rings (SSSR count). The molecule has 0 bridgehead atoms. The summed E-state index contributed by atoms with van der Waals surface area (Å²) in [5.41, 5.74) is 0.248. The molecule has 0 radical (unpaired) electrons. The predicted octanol–water partition coefficient (Wildman–Crippen LogP) is 2.35. The normalized spacial score (nSPS) is 57.9. The van der Waals surface area contributed by atoms with Crippen LogP contribution < -0.4 is 0 Å². The van der Waals surface area contributed by atoms with Gasteiger partial charge in [0.15, 0.2) is 5.79 Å². The summed E-state index contributed by atoms with van der Waals surface area (Å²) >= 11 is 0. The summed E-state index contributed by atoms with van der Waals surface area (Å²) < 4.78 is 11.9. The molecule has 1 unspecified atom stereocenters. The van der Waals surface area contributed by atoms with E-state index < -0.39 is 5.79 Å². The van der Waals surface area contributed by atoms with Gasteiger partial charge in [-0.15, -0.1) is 6.58 Å². The van der Waals surface area contributed by atoms with E-state index in [1.807, 2.05) is 13.8 Å². The predicted molar refractivity (Wildman–Crippen MR) is 53.7 cm³/mol. The van der Waals surface area contributed by atoms with Gasteiger partial charge in [0.25, 0.3) is 0 Å². The van der Waals surface area contributed by atoms with Gasteiger partial charge in [-0.2, -0.15) is 0 Å². The van der Waals surface area contributed by atoms with Gasteiger partial charge in [0.05, 0.1) is 12.2 Å². The Kier molecular flexibility index (Phi) is 1.43. The third-order valence-corrected chi connectivity index (χ3v) is 4.30. The zero-order chi connectivity index (χ0) is 10.1. The van der Waals surface area contributed by atoms with Crippen LogP contribution in [0.4, 0.5) is 0 Å². The molecule has 2 heteroatoms. The lowest BCUT2D eigenvalue weighted by molar-refractivity contribution is -0.159. The first kappa shape index (κ1) is 8.93. The van der Waals surface area contributed by atoms with Crippen LogP contribution in [-0.4, -0.2) is 18.0 Å². The molecule has 1 heterocycles. The Balaban J connectivity index is 1.94. The molecule has 0 spiro atoms. The van der Waals surface area contributed by atoms with Crippen molar-refractivity contribution in [2.24, 2.45) is 17.3 Å². The first-order chi connectivity index (χ1) is 6.50. The summed E-state index contributed by atoms with van der Waals surface area (Å²) in [6.45, 7) is 10.3. The summed E-state index contributed by atoms with van der Waals surface area (Å²) in [5, 5.41) is 0. The highest BCUT2D eigenvalue weighted by molar-refractivity contribution is 5.26. The lowest BCUT2D eigenvalue weighted by Crippen LogP contribution is -2.28. The zero-order valence-electron chi connectivity index (χ0n) is 9.12. The summed E-state index contributed by atoms with van der Waals surface area (Å²) in [6, 6.07) is 0. The number of hydrogen-bond donors (Lipinski definition) is 0. The van der Waals surface area contributed by atoms with Gasteiger partial charge in [-0.1, -0.05) is 13.0 Å². The minimum absolute atomic E-state index is 0.248. The van der Waals surface area contributed by atoms with E-state index in [2.05, 4.69) is 19.6 Å². The van der Waals surface area contributed by atoms with Crippen LogP contribution in [0.1, 0.15) is 27.2 Å². The van der Waals surface area contributed by atoms with Gasteiger partial charge in [-0.05, 0) is 32.1 Å². The molecule has 2 aliphatic carbocycles. The zero-order valence-corrected chi connectivity index (χ0v) is 9.12. The Morgan fingerprint density at radius 3 is 2.71 bits per heavy atom. The van der Waals surface area contributed by atoms with Crippen LogP contribution in [0.25, 0.3) is 0 Å². The largest absolute Gasteiger partial charge is 0.344 e. The van der Waals surface area contributed by atoms with Crippen LogP contribution in [0, 0.1) is 17.3 Å².